The predicted octanol–water partition coefficient (Wildman–Crippen LogP) is 3.77. The van der Waals surface area contributed by atoms with Crippen LogP contribution in [0.1, 0.15) is 60.3 Å². The monoisotopic (exact) mass is 268 g/mol. The maximum atomic E-state index is 3.61. The molecule has 1 saturated carbocycles. The minimum absolute atomic E-state index is 0.368. The molecule has 1 aliphatic rings. The lowest BCUT2D eigenvalue weighted by atomic mass is 9.85. The molecule has 19 heavy (non-hydrogen) atoms. The third-order valence-electron chi connectivity index (χ3n) is 4.44. The molecule has 0 radical (unpaired) electrons. The van der Waals surface area contributed by atoms with Crippen molar-refractivity contribution < 1.29 is 0 Å². The molecular formula is C17H36N2. The normalized spacial score (nSPS) is 25.3. The Kier molecular flexibility index (Phi) is 6.82. The van der Waals surface area contributed by atoms with E-state index >= 15 is 0 Å². The zero-order chi connectivity index (χ0) is 14.5. The van der Waals surface area contributed by atoms with Gasteiger partial charge in [-0.1, -0.05) is 34.6 Å². The Morgan fingerprint density at radius 2 is 1.74 bits per heavy atom. The van der Waals surface area contributed by atoms with Crippen LogP contribution >= 0.6 is 0 Å². The lowest BCUT2D eigenvalue weighted by Gasteiger charge is -2.38. The van der Waals surface area contributed by atoms with E-state index in [2.05, 4.69) is 51.9 Å². The minimum atomic E-state index is 0.368. The van der Waals surface area contributed by atoms with Gasteiger partial charge in [0.1, 0.15) is 0 Å². The minimum Gasteiger partial charge on any atom is -0.316 e. The molecular weight excluding hydrogens is 232 g/mol. The van der Waals surface area contributed by atoms with Crippen LogP contribution in [-0.2, 0) is 0 Å². The molecule has 0 unspecified atom stereocenters. The van der Waals surface area contributed by atoms with E-state index in [1.54, 1.807) is 0 Å². The highest BCUT2D eigenvalue weighted by atomic mass is 15.1. The quantitative estimate of drug-likeness (QED) is 0.756. The molecule has 0 amide bonds. The first-order valence-electron chi connectivity index (χ1n) is 8.21. The van der Waals surface area contributed by atoms with Gasteiger partial charge in [0, 0.05) is 19.1 Å². The van der Waals surface area contributed by atoms with E-state index in [-0.39, 0.29) is 0 Å². The van der Waals surface area contributed by atoms with Crippen molar-refractivity contribution in [1.82, 2.24) is 10.2 Å². The molecule has 0 bridgehead atoms. The van der Waals surface area contributed by atoms with Crippen molar-refractivity contribution >= 4 is 0 Å². The van der Waals surface area contributed by atoms with Crippen molar-refractivity contribution in [3.63, 3.8) is 0 Å². The van der Waals surface area contributed by atoms with Gasteiger partial charge >= 0.3 is 0 Å². The predicted molar refractivity (Wildman–Crippen MR) is 85.5 cm³/mol. The summed E-state index contributed by atoms with van der Waals surface area (Å²) in [5.74, 6) is 1.69. The highest BCUT2D eigenvalue weighted by Crippen LogP contribution is 2.28. The van der Waals surface area contributed by atoms with E-state index in [9.17, 15) is 0 Å². The standard InChI is InChI=1S/C17H36N2/c1-14(2)11-18-12-17(4,5)13-19(6)16-9-7-15(3)8-10-16/h14-16,18H,7-13H2,1-6H3. The Bertz CT molecular complexity index is 240. The lowest BCUT2D eigenvalue weighted by Crippen LogP contribution is -2.44. The average molecular weight is 268 g/mol. The molecule has 0 saturated heterocycles. The Hall–Kier alpha value is -0.0800. The third-order valence-corrected chi connectivity index (χ3v) is 4.44. The van der Waals surface area contributed by atoms with E-state index < -0.39 is 0 Å². The van der Waals surface area contributed by atoms with Crippen LogP contribution in [-0.4, -0.2) is 37.6 Å². The van der Waals surface area contributed by atoms with Gasteiger partial charge in [-0.25, -0.2) is 0 Å². The molecule has 1 aliphatic carbocycles. The second-order valence-electron chi connectivity index (χ2n) is 8.02. The van der Waals surface area contributed by atoms with Gasteiger partial charge < -0.3 is 10.2 Å². The molecule has 0 spiro atoms. The fourth-order valence-electron chi connectivity index (χ4n) is 3.24. The second-order valence-corrected chi connectivity index (χ2v) is 8.02. The van der Waals surface area contributed by atoms with E-state index in [1.165, 1.54) is 32.2 Å². The van der Waals surface area contributed by atoms with Crippen LogP contribution in [0.15, 0.2) is 0 Å². The number of nitrogens with zero attached hydrogens (tertiary/aromatic N) is 1. The number of rotatable bonds is 7. The molecule has 0 aromatic heterocycles. The summed E-state index contributed by atoms with van der Waals surface area (Å²) in [4.78, 5) is 2.61. The molecule has 1 fully saturated rings. The van der Waals surface area contributed by atoms with Crippen molar-refractivity contribution in [2.24, 2.45) is 17.3 Å². The smallest absolute Gasteiger partial charge is 0.00926 e. The molecule has 0 heterocycles. The van der Waals surface area contributed by atoms with Gasteiger partial charge in [-0.3, -0.25) is 0 Å². The third kappa shape index (κ3) is 6.76. The van der Waals surface area contributed by atoms with Gasteiger partial charge in [-0.05, 0) is 56.5 Å². The molecule has 114 valence electrons. The molecule has 1 N–H and O–H groups in total. The van der Waals surface area contributed by atoms with E-state index in [4.69, 9.17) is 0 Å². The summed E-state index contributed by atoms with van der Waals surface area (Å²) >= 11 is 0. The van der Waals surface area contributed by atoms with Crippen molar-refractivity contribution in [2.45, 2.75) is 66.3 Å². The fourth-order valence-corrected chi connectivity index (χ4v) is 3.24. The Balaban J connectivity index is 2.30. The van der Waals surface area contributed by atoms with Crippen molar-refractivity contribution in [1.29, 1.82) is 0 Å². The highest BCUT2D eigenvalue weighted by molar-refractivity contribution is 4.82. The van der Waals surface area contributed by atoms with Crippen LogP contribution in [0.25, 0.3) is 0 Å². The Morgan fingerprint density at radius 3 is 2.26 bits per heavy atom. The molecule has 1 rings (SSSR count). The van der Waals surface area contributed by atoms with E-state index in [0.29, 0.717) is 5.41 Å². The van der Waals surface area contributed by atoms with Crippen LogP contribution in [0.4, 0.5) is 0 Å². The lowest BCUT2D eigenvalue weighted by molar-refractivity contribution is 0.119. The van der Waals surface area contributed by atoms with Crippen LogP contribution in [0.3, 0.4) is 0 Å². The van der Waals surface area contributed by atoms with Crippen LogP contribution in [0, 0.1) is 17.3 Å². The number of hydrogen-bond acceptors (Lipinski definition) is 2. The molecule has 2 heteroatoms. The highest BCUT2D eigenvalue weighted by Gasteiger charge is 2.26. The van der Waals surface area contributed by atoms with Gasteiger partial charge in [0.15, 0.2) is 0 Å². The molecule has 0 aromatic carbocycles. The zero-order valence-electron chi connectivity index (χ0n) is 14.1. The second kappa shape index (κ2) is 7.64. The summed E-state index contributed by atoms with van der Waals surface area (Å²) in [6.45, 7) is 15.2. The van der Waals surface area contributed by atoms with Crippen molar-refractivity contribution in [3.8, 4) is 0 Å². The summed E-state index contributed by atoms with van der Waals surface area (Å²) in [6.07, 6.45) is 5.63. The maximum absolute atomic E-state index is 3.61. The molecule has 2 nitrogen and oxygen atoms in total. The largest absolute Gasteiger partial charge is 0.316 e. The van der Waals surface area contributed by atoms with Gasteiger partial charge in [0.25, 0.3) is 0 Å². The van der Waals surface area contributed by atoms with E-state index in [1.807, 2.05) is 0 Å². The zero-order valence-corrected chi connectivity index (χ0v) is 14.1. The molecule has 0 aromatic rings. The van der Waals surface area contributed by atoms with Crippen LogP contribution in [0.2, 0.25) is 0 Å². The van der Waals surface area contributed by atoms with Gasteiger partial charge in [-0.15, -0.1) is 0 Å². The Labute approximate surface area is 121 Å². The average Bonchev–Trinajstić information content (AvgIpc) is 2.28. The van der Waals surface area contributed by atoms with Gasteiger partial charge in [0.05, 0.1) is 0 Å². The fraction of sp³-hybridized carbons (Fsp3) is 1.00. The summed E-state index contributed by atoms with van der Waals surface area (Å²) in [7, 11) is 2.32. The van der Waals surface area contributed by atoms with Crippen LogP contribution < -0.4 is 5.32 Å². The maximum Gasteiger partial charge on any atom is 0.00926 e. The van der Waals surface area contributed by atoms with Crippen molar-refractivity contribution in [3.05, 3.63) is 0 Å². The first-order valence-corrected chi connectivity index (χ1v) is 8.21. The number of hydrogen-bond donors (Lipinski definition) is 1. The molecule has 0 aliphatic heterocycles. The van der Waals surface area contributed by atoms with Crippen LogP contribution in [0.5, 0.6) is 0 Å². The first-order chi connectivity index (χ1) is 8.80. The molecule has 0 atom stereocenters. The topological polar surface area (TPSA) is 15.3 Å². The summed E-state index contributed by atoms with van der Waals surface area (Å²) < 4.78 is 0. The van der Waals surface area contributed by atoms with Crippen molar-refractivity contribution in [2.75, 3.05) is 26.7 Å². The van der Waals surface area contributed by atoms with Gasteiger partial charge in [0.2, 0.25) is 0 Å². The van der Waals surface area contributed by atoms with Gasteiger partial charge in [-0.2, -0.15) is 0 Å². The first kappa shape index (κ1) is 17.0. The SMILES string of the molecule is CC(C)CNCC(C)(C)CN(C)C1CCC(C)CC1. The summed E-state index contributed by atoms with van der Waals surface area (Å²) in [5.41, 5.74) is 0.368. The summed E-state index contributed by atoms with van der Waals surface area (Å²) in [6, 6.07) is 0.820. The van der Waals surface area contributed by atoms with E-state index in [0.717, 1.165) is 31.0 Å². The Morgan fingerprint density at radius 1 is 1.16 bits per heavy atom. The summed E-state index contributed by atoms with van der Waals surface area (Å²) in [5, 5.41) is 3.61. The number of nitrogens with one attached hydrogen (secondary N) is 1.